The van der Waals surface area contributed by atoms with Crippen LogP contribution in [-0.4, -0.2) is 60.2 Å². The summed E-state index contributed by atoms with van der Waals surface area (Å²) in [5.74, 6) is 0. The van der Waals surface area contributed by atoms with Crippen molar-refractivity contribution < 1.29 is 14.9 Å². The molecule has 0 heterocycles. The molecule has 1 fully saturated rings. The first-order chi connectivity index (χ1) is 7.56. The molecular formula is C12H25NO3. The van der Waals surface area contributed by atoms with Crippen LogP contribution in [-0.2, 0) is 4.74 Å². The molecule has 2 N–H and O–H groups in total. The van der Waals surface area contributed by atoms with Crippen LogP contribution in [0.15, 0.2) is 0 Å². The summed E-state index contributed by atoms with van der Waals surface area (Å²) in [5.41, 5.74) is -0.528. The number of aliphatic hydroxyl groups is 2. The summed E-state index contributed by atoms with van der Waals surface area (Å²) in [6.45, 7) is 4.13. The van der Waals surface area contributed by atoms with Crippen molar-refractivity contribution in [1.29, 1.82) is 0 Å². The maximum Gasteiger partial charge on any atom is 0.0900 e. The van der Waals surface area contributed by atoms with Crippen LogP contribution in [0.1, 0.15) is 32.6 Å². The van der Waals surface area contributed by atoms with E-state index in [1.54, 1.807) is 0 Å². The molecule has 0 aromatic rings. The summed E-state index contributed by atoms with van der Waals surface area (Å²) in [4.78, 5) is 2.00. The number of hydrogen-bond donors (Lipinski definition) is 2. The monoisotopic (exact) mass is 231 g/mol. The molecular weight excluding hydrogens is 206 g/mol. The van der Waals surface area contributed by atoms with E-state index in [4.69, 9.17) is 4.74 Å². The van der Waals surface area contributed by atoms with Crippen molar-refractivity contribution >= 4 is 0 Å². The number of rotatable bonds is 7. The Balaban J connectivity index is 2.21. The van der Waals surface area contributed by atoms with Gasteiger partial charge in [-0.15, -0.1) is 0 Å². The number of ether oxygens (including phenoxy) is 1. The van der Waals surface area contributed by atoms with Gasteiger partial charge in [0.25, 0.3) is 0 Å². The fourth-order valence-electron chi connectivity index (χ4n) is 2.42. The van der Waals surface area contributed by atoms with E-state index < -0.39 is 11.7 Å². The molecule has 4 heteroatoms. The Morgan fingerprint density at radius 1 is 1.38 bits per heavy atom. The zero-order valence-electron chi connectivity index (χ0n) is 10.5. The summed E-state index contributed by atoms with van der Waals surface area (Å²) in [7, 11) is 1.94. The van der Waals surface area contributed by atoms with Crippen LogP contribution in [0.25, 0.3) is 0 Å². The zero-order chi connectivity index (χ0) is 12.0. The average Bonchev–Trinajstić information content (AvgIpc) is 2.61. The molecule has 0 aromatic heterocycles. The van der Waals surface area contributed by atoms with E-state index in [1.807, 2.05) is 18.9 Å². The molecule has 0 aromatic carbocycles. The van der Waals surface area contributed by atoms with Crippen molar-refractivity contribution in [3.63, 3.8) is 0 Å². The largest absolute Gasteiger partial charge is 0.389 e. The van der Waals surface area contributed by atoms with Gasteiger partial charge in [0.15, 0.2) is 0 Å². The smallest absolute Gasteiger partial charge is 0.0900 e. The van der Waals surface area contributed by atoms with Gasteiger partial charge in [-0.3, -0.25) is 0 Å². The van der Waals surface area contributed by atoms with Crippen LogP contribution in [0.2, 0.25) is 0 Å². The Labute approximate surface area is 98.2 Å². The second-order valence-electron chi connectivity index (χ2n) is 4.94. The number of nitrogens with zero attached hydrogens (tertiary/aromatic N) is 1. The summed E-state index contributed by atoms with van der Waals surface area (Å²) < 4.78 is 5.15. The van der Waals surface area contributed by atoms with Gasteiger partial charge >= 0.3 is 0 Å². The van der Waals surface area contributed by atoms with Crippen LogP contribution >= 0.6 is 0 Å². The lowest BCUT2D eigenvalue weighted by molar-refractivity contribution is -0.0118. The Morgan fingerprint density at radius 3 is 2.56 bits per heavy atom. The highest BCUT2D eigenvalue weighted by Crippen LogP contribution is 2.29. The number of hydrogen-bond acceptors (Lipinski definition) is 4. The number of likely N-dealkylation sites (N-methyl/N-ethyl adjacent to an activating group) is 1. The van der Waals surface area contributed by atoms with Crippen molar-refractivity contribution in [2.75, 3.05) is 33.4 Å². The zero-order valence-corrected chi connectivity index (χ0v) is 10.5. The summed E-state index contributed by atoms with van der Waals surface area (Å²) >= 11 is 0. The third kappa shape index (κ3) is 4.78. The normalized spacial score (nSPS) is 21.6. The predicted octanol–water partition coefficient (Wildman–Crippen LogP) is 0.621. The van der Waals surface area contributed by atoms with Crippen LogP contribution in [0.3, 0.4) is 0 Å². The molecule has 1 saturated carbocycles. The summed E-state index contributed by atoms with van der Waals surface area (Å²) in [6, 6.07) is 0. The second kappa shape index (κ2) is 6.55. The van der Waals surface area contributed by atoms with Gasteiger partial charge < -0.3 is 19.8 Å². The van der Waals surface area contributed by atoms with Gasteiger partial charge in [-0.05, 0) is 26.8 Å². The molecule has 0 bridgehead atoms. The SMILES string of the molecule is CCOCC(O)CN(C)CC1(O)CCCC1. The van der Waals surface area contributed by atoms with Crippen molar-refractivity contribution in [1.82, 2.24) is 4.90 Å². The Kier molecular flexibility index (Phi) is 5.69. The highest BCUT2D eigenvalue weighted by atomic mass is 16.5. The van der Waals surface area contributed by atoms with Crippen LogP contribution < -0.4 is 0 Å². The molecule has 1 rings (SSSR count). The van der Waals surface area contributed by atoms with E-state index in [2.05, 4.69) is 0 Å². The van der Waals surface area contributed by atoms with Gasteiger partial charge in [-0.1, -0.05) is 12.8 Å². The van der Waals surface area contributed by atoms with Crippen LogP contribution in [0, 0.1) is 0 Å². The standard InChI is InChI=1S/C12H25NO3/c1-3-16-9-11(14)8-13(2)10-12(15)6-4-5-7-12/h11,14-15H,3-10H2,1-2H3. The lowest BCUT2D eigenvalue weighted by Gasteiger charge is -2.29. The summed E-state index contributed by atoms with van der Waals surface area (Å²) in [5, 5.41) is 19.9. The molecule has 0 saturated heterocycles. The molecule has 1 aliphatic rings. The van der Waals surface area contributed by atoms with E-state index >= 15 is 0 Å². The fraction of sp³-hybridized carbons (Fsp3) is 1.00. The highest BCUT2D eigenvalue weighted by Gasteiger charge is 2.32. The first-order valence-corrected chi connectivity index (χ1v) is 6.22. The van der Waals surface area contributed by atoms with Gasteiger partial charge in [0.1, 0.15) is 0 Å². The molecule has 1 atom stereocenters. The van der Waals surface area contributed by atoms with E-state index in [0.29, 0.717) is 26.3 Å². The molecule has 1 aliphatic carbocycles. The predicted molar refractivity (Wildman–Crippen MR) is 63.4 cm³/mol. The second-order valence-corrected chi connectivity index (χ2v) is 4.94. The van der Waals surface area contributed by atoms with Crippen LogP contribution in [0.4, 0.5) is 0 Å². The van der Waals surface area contributed by atoms with Gasteiger partial charge in [-0.25, -0.2) is 0 Å². The van der Waals surface area contributed by atoms with Crippen molar-refractivity contribution in [2.45, 2.75) is 44.3 Å². The minimum atomic E-state index is -0.528. The molecule has 16 heavy (non-hydrogen) atoms. The molecule has 0 spiro atoms. The van der Waals surface area contributed by atoms with E-state index in [1.165, 1.54) is 0 Å². The fourth-order valence-corrected chi connectivity index (χ4v) is 2.42. The highest BCUT2D eigenvalue weighted by molar-refractivity contribution is 4.87. The van der Waals surface area contributed by atoms with E-state index in [0.717, 1.165) is 25.7 Å². The van der Waals surface area contributed by atoms with E-state index in [9.17, 15) is 10.2 Å². The van der Waals surface area contributed by atoms with Crippen molar-refractivity contribution in [2.24, 2.45) is 0 Å². The van der Waals surface area contributed by atoms with Crippen molar-refractivity contribution in [3.05, 3.63) is 0 Å². The minimum absolute atomic E-state index is 0.374. The molecule has 4 nitrogen and oxygen atoms in total. The Morgan fingerprint density at radius 2 is 2.00 bits per heavy atom. The maximum absolute atomic E-state index is 10.2. The average molecular weight is 231 g/mol. The first kappa shape index (κ1) is 13.9. The molecule has 1 unspecified atom stereocenters. The maximum atomic E-state index is 10.2. The topological polar surface area (TPSA) is 52.9 Å². The third-order valence-corrected chi connectivity index (χ3v) is 3.14. The minimum Gasteiger partial charge on any atom is -0.389 e. The van der Waals surface area contributed by atoms with Gasteiger partial charge in [0.05, 0.1) is 18.3 Å². The first-order valence-electron chi connectivity index (χ1n) is 6.22. The lowest BCUT2D eigenvalue weighted by Crippen LogP contribution is -2.42. The Hall–Kier alpha value is -0.160. The molecule has 0 radical (unpaired) electrons. The van der Waals surface area contributed by atoms with Gasteiger partial charge in [0, 0.05) is 19.7 Å². The molecule has 0 amide bonds. The molecule has 0 aliphatic heterocycles. The lowest BCUT2D eigenvalue weighted by atomic mass is 10.0. The summed E-state index contributed by atoms with van der Waals surface area (Å²) in [6.07, 6.45) is 3.55. The third-order valence-electron chi connectivity index (χ3n) is 3.14. The quantitative estimate of drug-likeness (QED) is 0.674. The van der Waals surface area contributed by atoms with E-state index in [-0.39, 0.29) is 0 Å². The van der Waals surface area contributed by atoms with Gasteiger partial charge in [-0.2, -0.15) is 0 Å². The Bertz CT molecular complexity index is 193. The number of aliphatic hydroxyl groups excluding tert-OH is 1. The van der Waals surface area contributed by atoms with Gasteiger partial charge in [0.2, 0.25) is 0 Å². The van der Waals surface area contributed by atoms with Crippen LogP contribution in [0.5, 0.6) is 0 Å². The molecule has 96 valence electrons. The van der Waals surface area contributed by atoms with Crippen molar-refractivity contribution in [3.8, 4) is 0 Å².